The van der Waals surface area contributed by atoms with Crippen LogP contribution < -0.4 is 10.6 Å². The minimum atomic E-state index is 0.789. The van der Waals surface area contributed by atoms with Gasteiger partial charge in [-0.25, -0.2) is 0 Å². The van der Waals surface area contributed by atoms with Gasteiger partial charge in [-0.1, -0.05) is 37.1 Å². The van der Waals surface area contributed by atoms with Crippen molar-refractivity contribution in [3.8, 4) is 0 Å². The summed E-state index contributed by atoms with van der Waals surface area (Å²) in [5.74, 6) is 0.842. The predicted octanol–water partition coefficient (Wildman–Crippen LogP) is 3.99. The molecule has 2 heterocycles. The van der Waals surface area contributed by atoms with E-state index in [0.29, 0.717) is 0 Å². The monoisotopic (exact) mass is 370 g/mol. The highest BCUT2D eigenvalue weighted by atomic mass is 32.1. The van der Waals surface area contributed by atoms with Crippen molar-refractivity contribution in [1.29, 1.82) is 0 Å². The van der Waals surface area contributed by atoms with Gasteiger partial charge in [0.2, 0.25) is 0 Å². The van der Waals surface area contributed by atoms with Crippen molar-refractivity contribution in [3.05, 3.63) is 57.8 Å². The molecule has 0 spiro atoms. The van der Waals surface area contributed by atoms with E-state index in [9.17, 15) is 0 Å². The third kappa shape index (κ3) is 6.15. The van der Waals surface area contributed by atoms with Gasteiger partial charge in [0, 0.05) is 26.7 Å². The molecular formula is C21H30N4S. The van der Waals surface area contributed by atoms with Crippen LogP contribution in [0.4, 0.5) is 0 Å². The van der Waals surface area contributed by atoms with Crippen LogP contribution in [-0.4, -0.2) is 31.0 Å². The second-order valence-corrected chi connectivity index (χ2v) is 7.70. The van der Waals surface area contributed by atoms with E-state index in [-0.39, 0.29) is 0 Å². The molecule has 1 fully saturated rings. The molecule has 140 valence electrons. The number of likely N-dealkylation sites (tertiary alicyclic amines) is 1. The van der Waals surface area contributed by atoms with Gasteiger partial charge in [0.1, 0.15) is 0 Å². The summed E-state index contributed by atoms with van der Waals surface area (Å²) >= 11 is 1.72. The van der Waals surface area contributed by atoms with Gasteiger partial charge in [-0.15, -0.1) is 0 Å². The Morgan fingerprint density at radius 3 is 2.42 bits per heavy atom. The van der Waals surface area contributed by atoms with E-state index in [4.69, 9.17) is 0 Å². The fraction of sp³-hybridized carbons (Fsp3) is 0.476. The molecule has 2 N–H and O–H groups in total. The smallest absolute Gasteiger partial charge is 0.191 e. The van der Waals surface area contributed by atoms with Crippen molar-refractivity contribution < 1.29 is 0 Å². The van der Waals surface area contributed by atoms with Crippen molar-refractivity contribution in [2.24, 2.45) is 4.99 Å². The van der Waals surface area contributed by atoms with Gasteiger partial charge < -0.3 is 10.6 Å². The number of rotatable bonds is 6. The fourth-order valence-electron chi connectivity index (χ4n) is 3.38. The van der Waals surface area contributed by atoms with Crippen LogP contribution in [0.1, 0.15) is 42.4 Å². The maximum atomic E-state index is 4.32. The first-order valence-electron chi connectivity index (χ1n) is 9.59. The first-order chi connectivity index (χ1) is 12.8. The fourth-order valence-corrected chi connectivity index (χ4v) is 4.04. The topological polar surface area (TPSA) is 39.7 Å². The molecule has 0 unspecified atom stereocenters. The van der Waals surface area contributed by atoms with Gasteiger partial charge in [-0.3, -0.25) is 9.89 Å². The standard InChI is InChI=1S/C21H30N4S/c1-22-21(24-15-20-9-12-26-17-20)23-14-18-7-6-8-19(13-18)16-25-10-4-2-3-5-11-25/h6-9,12-13,17H,2-5,10-11,14-16H2,1H3,(H2,22,23,24). The number of hydrogen-bond donors (Lipinski definition) is 2. The second kappa shape index (κ2) is 10.3. The number of thiophene rings is 1. The Balaban J connectivity index is 1.49. The van der Waals surface area contributed by atoms with Crippen molar-refractivity contribution in [2.75, 3.05) is 20.1 Å². The van der Waals surface area contributed by atoms with E-state index >= 15 is 0 Å². The number of guanidine groups is 1. The van der Waals surface area contributed by atoms with E-state index in [1.165, 1.54) is 55.5 Å². The highest BCUT2D eigenvalue weighted by molar-refractivity contribution is 7.07. The molecule has 0 radical (unpaired) electrons. The molecule has 4 nitrogen and oxygen atoms in total. The van der Waals surface area contributed by atoms with Crippen LogP contribution in [0.25, 0.3) is 0 Å². The number of nitrogens with one attached hydrogen (secondary N) is 2. The van der Waals surface area contributed by atoms with Crippen molar-refractivity contribution >= 4 is 17.3 Å². The highest BCUT2D eigenvalue weighted by Crippen LogP contribution is 2.14. The van der Waals surface area contributed by atoms with Crippen LogP contribution in [0.3, 0.4) is 0 Å². The summed E-state index contributed by atoms with van der Waals surface area (Å²) < 4.78 is 0. The molecule has 0 atom stereocenters. The van der Waals surface area contributed by atoms with Crippen LogP contribution in [0, 0.1) is 0 Å². The Bertz CT molecular complexity index is 673. The molecule has 0 bridgehead atoms. The summed E-state index contributed by atoms with van der Waals surface area (Å²) in [7, 11) is 1.82. The summed E-state index contributed by atoms with van der Waals surface area (Å²) in [6.45, 7) is 5.14. The maximum absolute atomic E-state index is 4.32. The Morgan fingerprint density at radius 1 is 1.00 bits per heavy atom. The summed E-state index contributed by atoms with van der Waals surface area (Å²) in [6, 6.07) is 11.1. The van der Waals surface area contributed by atoms with E-state index < -0.39 is 0 Å². The Morgan fingerprint density at radius 2 is 1.73 bits per heavy atom. The molecule has 0 amide bonds. The number of hydrogen-bond acceptors (Lipinski definition) is 3. The SMILES string of the molecule is CN=C(NCc1ccsc1)NCc1cccc(CN2CCCCCC2)c1. The minimum Gasteiger partial charge on any atom is -0.352 e. The van der Waals surface area contributed by atoms with Gasteiger partial charge >= 0.3 is 0 Å². The van der Waals surface area contributed by atoms with Gasteiger partial charge in [-0.05, 0) is 59.4 Å². The molecular weight excluding hydrogens is 340 g/mol. The Labute approximate surface area is 161 Å². The van der Waals surface area contributed by atoms with E-state index in [1.54, 1.807) is 11.3 Å². The lowest BCUT2D eigenvalue weighted by Crippen LogP contribution is -2.36. The lowest BCUT2D eigenvalue weighted by atomic mass is 10.1. The van der Waals surface area contributed by atoms with Crippen LogP contribution >= 0.6 is 11.3 Å². The zero-order valence-corrected chi connectivity index (χ0v) is 16.5. The zero-order chi connectivity index (χ0) is 18.0. The number of benzene rings is 1. The van der Waals surface area contributed by atoms with Crippen LogP contribution in [0.15, 0.2) is 46.1 Å². The first-order valence-corrected chi connectivity index (χ1v) is 10.5. The van der Waals surface area contributed by atoms with E-state index in [0.717, 1.165) is 25.6 Å². The van der Waals surface area contributed by atoms with Crippen LogP contribution in [0.5, 0.6) is 0 Å². The summed E-state index contributed by atoms with van der Waals surface area (Å²) in [5.41, 5.74) is 4.00. The number of aliphatic imine (C=N–C) groups is 1. The first kappa shape index (κ1) is 18.9. The van der Waals surface area contributed by atoms with Crippen LogP contribution in [-0.2, 0) is 19.6 Å². The second-order valence-electron chi connectivity index (χ2n) is 6.92. The Kier molecular flexibility index (Phi) is 7.52. The van der Waals surface area contributed by atoms with E-state index in [2.05, 4.69) is 61.6 Å². The molecule has 1 aromatic heterocycles. The largest absolute Gasteiger partial charge is 0.352 e. The molecule has 0 saturated carbocycles. The summed E-state index contributed by atoms with van der Waals surface area (Å²) in [4.78, 5) is 6.92. The van der Waals surface area contributed by atoms with Crippen molar-refractivity contribution in [3.63, 3.8) is 0 Å². The zero-order valence-electron chi connectivity index (χ0n) is 15.7. The van der Waals surface area contributed by atoms with Gasteiger partial charge in [0.05, 0.1) is 0 Å². The third-order valence-corrected chi connectivity index (χ3v) is 5.55. The predicted molar refractivity (Wildman–Crippen MR) is 112 cm³/mol. The molecule has 1 aliphatic heterocycles. The molecule has 1 aliphatic rings. The molecule has 26 heavy (non-hydrogen) atoms. The van der Waals surface area contributed by atoms with E-state index in [1.807, 2.05) is 7.05 Å². The highest BCUT2D eigenvalue weighted by Gasteiger charge is 2.09. The average Bonchev–Trinajstić information content (AvgIpc) is 3.06. The lowest BCUT2D eigenvalue weighted by molar-refractivity contribution is 0.277. The normalized spacial score (nSPS) is 16.3. The van der Waals surface area contributed by atoms with Crippen LogP contribution in [0.2, 0.25) is 0 Å². The Hall–Kier alpha value is -1.85. The molecule has 5 heteroatoms. The summed E-state index contributed by atoms with van der Waals surface area (Å²) in [5, 5.41) is 11.0. The molecule has 1 aromatic carbocycles. The minimum absolute atomic E-state index is 0.789. The van der Waals surface area contributed by atoms with Crippen molar-refractivity contribution in [2.45, 2.75) is 45.3 Å². The number of nitrogens with zero attached hydrogens (tertiary/aromatic N) is 2. The molecule has 1 saturated heterocycles. The molecule has 3 rings (SSSR count). The summed E-state index contributed by atoms with van der Waals surface area (Å²) in [6.07, 6.45) is 5.46. The third-order valence-electron chi connectivity index (χ3n) is 4.82. The van der Waals surface area contributed by atoms with Gasteiger partial charge in [-0.2, -0.15) is 11.3 Å². The molecule has 0 aliphatic carbocycles. The maximum Gasteiger partial charge on any atom is 0.191 e. The average molecular weight is 371 g/mol. The quantitative estimate of drug-likeness (QED) is 0.597. The van der Waals surface area contributed by atoms with Gasteiger partial charge in [0.15, 0.2) is 5.96 Å². The van der Waals surface area contributed by atoms with Gasteiger partial charge in [0.25, 0.3) is 0 Å². The molecule has 2 aromatic rings. The van der Waals surface area contributed by atoms with Crippen molar-refractivity contribution in [1.82, 2.24) is 15.5 Å². The lowest BCUT2D eigenvalue weighted by Gasteiger charge is -2.20.